The number of hydrogen-bond donors (Lipinski definition) is 1. The Morgan fingerprint density at radius 2 is 1.75 bits per heavy atom. The molecule has 0 atom stereocenters. The summed E-state index contributed by atoms with van der Waals surface area (Å²) >= 11 is 0.819. The van der Waals surface area contributed by atoms with Crippen LogP contribution in [0.3, 0.4) is 0 Å². The third-order valence-corrected chi connectivity index (χ3v) is 2.91. The summed E-state index contributed by atoms with van der Waals surface area (Å²) in [6, 6.07) is 13.1. The van der Waals surface area contributed by atoms with E-state index in [4.69, 9.17) is 14.1 Å². The fourth-order valence-electron chi connectivity index (χ4n) is 1.39. The van der Waals surface area contributed by atoms with Gasteiger partial charge >= 0.3 is 0 Å². The van der Waals surface area contributed by atoms with Gasteiger partial charge in [-0.05, 0) is 29.8 Å². The lowest BCUT2D eigenvalue weighted by Crippen LogP contribution is -1.91. The van der Waals surface area contributed by atoms with Crippen molar-refractivity contribution in [1.29, 1.82) is 0 Å². The minimum atomic E-state index is -0.464. The first-order chi connectivity index (χ1) is 9.65. The van der Waals surface area contributed by atoms with E-state index in [-0.39, 0.29) is 5.69 Å². The van der Waals surface area contributed by atoms with Crippen LogP contribution < -0.4 is 9.92 Å². The van der Waals surface area contributed by atoms with Gasteiger partial charge in [-0.25, -0.2) is 0 Å². The minimum absolute atomic E-state index is 0.0187. The third-order valence-electron chi connectivity index (χ3n) is 2.43. The van der Waals surface area contributed by atoms with Gasteiger partial charge in [0.15, 0.2) is 0 Å². The average molecular weight is 292 g/mol. The number of non-ortho nitro benzene ring substituents is 1. The SMILES string of the molecule is Nc1ccc(COSOc2ccc([N+](=O)[O-])cc2)cc1. The van der Waals surface area contributed by atoms with E-state index >= 15 is 0 Å². The molecule has 7 heteroatoms. The molecule has 2 N–H and O–H groups in total. The molecule has 2 aromatic carbocycles. The van der Waals surface area contributed by atoms with Gasteiger partial charge < -0.3 is 9.92 Å². The molecular formula is C13H12N2O4S. The molecule has 2 aromatic rings. The van der Waals surface area contributed by atoms with Crippen LogP contribution in [0.1, 0.15) is 5.56 Å². The van der Waals surface area contributed by atoms with E-state index in [9.17, 15) is 10.1 Å². The van der Waals surface area contributed by atoms with E-state index in [1.165, 1.54) is 24.3 Å². The lowest BCUT2D eigenvalue weighted by atomic mass is 10.2. The monoisotopic (exact) mass is 292 g/mol. The second-order valence-electron chi connectivity index (χ2n) is 3.91. The normalized spacial score (nSPS) is 10.2. The molecule has 0 aliphatic carbocycles. The average Bonchev–Trinajstić information content (AvgIpc) is 2.46. The van der Waals surface area contributed by atoms with Crippen LogP contribution in [0.15, 0.2) is 48.5 Å². The van der Waals surface area contributed by atoms with E-state index in [2.05, 4.69) is 0 Å². The molecule has 0 saturated heterocycles. The van der Waals surface area contributed by atoms with E-state index in [0.717, 1.165) is 17.9 Å². The Labute approximate surface area is 120 Å². The Bertz CT molecular complexity index is 572. The van der Waals surface area contributed by atoms with Crippen molar-refractivity contribution in [1.82, 2.24) is 0 Å². The summed E-state index contributed by atoms with van der Waals surface area (Å²) < 4.78 is 10.5. The molecule has 0 spiro atoms. The van der Waals surface area contributed by atoms with Crippen LogP contribution in [0.5, 0.6) is 5.75 Å². The molecule has 6 nitrogen and oxygen atoms in total. The van der Waals surface area contributed by atoms with Crippen LogP contribution in [-0.2, 0) is 10.8 Å². The number of anilines is 1. The smallest absolute Gasteiger partial charge is 0.269 e. The van der Waals surface area contributed by atoms with Crippen LogP contribution in [0.25, 0.3) is 0 Å². The molecule has 0 aliphatic rings. The summed E-state index contributed by atoms with van der Waals surface area (Å²) in [6.45, 7) is 0.373. The lowest BCUT2D eigenvalue weighted by molar-refractivity contribution is -0.384. The first kappa shape index (κ1) is 14.2. The highest BCUT2D eigenvalue weighted by Crippen LogP contribution is 2.21. The standard InChI is InChI=1S/C13H12N2O4S/c14-11-3-1-10(2-4-11)9-18-20-19-13-7-5-12(6-8-13)15(16)17/h1-8H,9,14H2. The molecule has 0 bridgehead atoms. The highest BCUT2D eigenvalue weighted by Gasteiger charge is 2.04. The number of nitrogens with zero attached hydrogens (tertiary/aromatic N) is 1. The zero-order valence-corrected chi connectivity index (χ0v) is 11.2. The van der Waals surface area contributed by atoms with Gasteiger partial charge in [-0.3, -0.25) is 14.3 Å². The van der Waals surface area contributed by atoms with Gasteiger partial charge in [0.2, 0.25) is 12.3 Å². The molecule has 0 saturated carbocycles. The Balaban J connectivity index is 1.75. The molecule has 0 unspecified atom stereocenters. The predicted octanol–water partition coefficient (Wildman–Crippen LogP) is 3.34. The number of nitrogen functional groups attached to an aromatic ring is 1. The number of rotatable bonds is 6. The summed E-state index contributed by atoms with van der Waals surface area (Å²) in [5, 5.41) is 10.5. The Hall–Kier alpha value is -2.25. The molecule has 0 aliphatic heterocycles. The van der Waals surface area contributed by atoms with Crippen LogP contribution in [0.2, 0.25) is 0 Å². The zero-order chi connectivity index (χ0) is 14.4. The molecular weight excluding hydrogens is 280 g/mol. The molecule has 0 fully saturated rings. The number of benzene rings is 2. The van der Waals surface area contributed by atoms with Gasteiger partial charge in [-0.15, -0.1) is 0 Å². The second-order valence-corrected chi connectivity index (χ2v) is 4.44. The van der Waals surface area contributed by atoms with Crippen molar-refractivity contribution in [3.8, 4) is 5.75 Å². The third kappa shape index (κ3) is 4.15. The van der Waals surface area contributed by atoms with Crippen molar-refractivity contribution < 1.29 is 13.3 Å². The first-order valence-corrected chi connectivity index (χ1v) is 6.37. The maximum Gasteiger partial charge on any atom is 0.269 e. The van der Waals surface area contributed by atoms with Crippen LogP contribution >= 0.6 is 12.3 Å². The van der Waals surface area contributed by atoms with Crippen LogP contribution in [-0.4, -0.2) is 4.92 Å². The lowest BCUT2D eigenvalue weighted by Gasteiger charge is -2.04. The summed E-state index contributed by atoms with van der Waals surface area (Å²) in [5.74, 6) is 0.484. The summed E-state index contributed by atoms with van der Waals surface area (Å²) in [5.41, 5.74) is 7.26. The quantitative estimate of drug-likeness (QED) is 0.289. The van der Waals surface area contributed by atoms with Gasteiger partial charge in [-0.1, -0.05) is 12.1 Å². The van der Waals surface area contributed by atoms with E-state index in [0.29, 0.717) is 18.0 Å². The van der Waals surface area contributed by atoms with Crippen molar-refractivity contribution in [2.45, 2.75) is 6.61 Å². The molecule has 0 amide bonds. The largest absolute Gasteiger partial charge is 0.400 e. The molecule has 0 heterocycles. The van der Waals surface area contributed by atoms with Gasteiger partial charge in [0.05, 0.1) is 11.5 Å². The molecule has 2 rings (SSSR count). The Kier molecular flexibility index (Phi) is 4.80. The van der Waals surface area contributed by atoms with Crippen molar-refractivity contribution in [2.24, 2.45) is 0 Å². The number of hydrogen-bond acceptors (Lipinski definition) is 6. The zero-order valence-electron chi connectivity index (χ0n) is 10.4. The fourth-order valence-corrected chi connectivity index (χ4v) is 1.81. The molecule has 0 aromatic heterocycles. The maximum absolute atomic E-state index is 10.5. The van der Waals surface area contributed by atoms with Crippen molar-refractivity contribution in [3.63, 3.8) is 0 Å². The summed E-state index contributed by atoms with van der Waals surface area (Å²) in [6.07, 6.45) is 0. The molecule has 0 radical (unpaired) electrons. The van der Waals surface area contributed by atoms with Crippen LogP contribution in [0, 0.1) is 10.1 Å². The Morgan fingerprint density at radius 3 is 2.35 bits per heavy atom. The van der Waals surface area contributed by atoms with E-state index in [1.807, 2.05) is 12.1 Å². The van der Waals surface area contributed by atoms with Gasteiger partial charge in [0.25, 0.3) is 5.69 Å². The fraction of sp³-hybridized carbons (Fsp3) is 0.0769. The van der Waals surface area contributed by atoms with Crippen molar-refractivity contribution in [3.05, 3.63) is 64.2 Å². The Morgan fingerprint density at radius 1 is 1.10 bits per heavy atom. The van der Waals surface area contributed by atoms with Gasteiger partial charge in [0, 0.05) is 17.8 Å². The number of nitro benzene ring substituents is 1. The molecule has 104 valence electrons. The van der Waals surface area contributed by atoms with Crippen molar-refractivity contribution >= 4 is 23.7 Å². The maximum atomic E-state index is 10.5. The first-order valence-electron chi connectivity index (χ1n) is 5.70. The van der Waals surface area contributed by atoms with E-state index < -0.39 is 4.92 Å². The summed E-state index contributed by atoms with van der Waals surface area (Å²) in [7, 11) is 0. The predicted molar refractivity (Wildman–Crippen MR) is 77.0 cm³/mol. The van der Waals surface area contributed by atoms with Gasteiger partial charge in [-0.2, -0.15) is 0 Å². The highest BCUT2D eigenvalue weighted by molar-refractivity contribution is 7.90. The van der Waals surface area contributed by atoms with Gasteiger partial charge in [0.1, 0.15) is 5.75 Å². The number of nitrogens with two attached hydrogens (primary N) is 1. The summed E-state index contributed by atoms with van der Waals surface area (Å²) in [4.78, 5) is 10.0. The molecule has 20 heavy (non-hydrogen) atoms. The number of nitro groups is 1. The second kappa shape index (κ2) is 6.78. The van der Waals surface area contributed by atoms with Crippen LogP contribution in [0.4, 0.5) is 11.4 Å². The topological polar surface area (TPSA) is 87.6 Å². The highest BCUT2D eigenvalue weighted by atomic mass is 32.2. The van der Waals surface area contributed by atoms with E-state index in [1.54, 1.807) is 12.1 Å². The minimum Gasteiger partial charge on any atom is -0.400 e. The van der Waals surface area contributed by atoms with Crippen molar-refractivity contribution in [2.75, 3.05) is 5.73 Å².